The lowest BCUT2D eigenvalue weighted by atomic mass is 9.92. The maximum absolute atomic E-state index is 16.7. The van der Waals surface area contributed by atoms with Crippen LogP contribution in [-0.2, 0) is 4.79 Å². The molecule has 4 aliphatic rings. The number of aromatic nitrogens is 3. The number of hydrogen-bond acceptors (Lipinski definition) is 10. The van der Waals surface area contributed by atoms with Crippen molar-refractivity contribution in [2.24, 2.45) is 5.41 Å². The molecule has 1 aliphatic carbocycles. The van der Waals surface area contributed by atoms with Gasteiger partial charge in [0.15, 0.2) is 5.82 Å². The topological polar surface area (TPSA) is 119 Å². The van der Waals surface area contributed by atoms with Gasteiger partial charge in [-0.2, -0.15) is 10.2 Å². The number of likely N-dealkylation sites (N-methyl/N-ethyl adjacent to an activating group) is 1. The van der Waals surface area contributed by atoms with Crippen molar-refractivity contribution in [3.05, 3.63) is 48.2 Å². The zero-order valence-electron chi connectivity index (χ0n) is 24.8. The first-order chi connectivity index (χ1) is 21.7. The molecule has 1 atom stereocenters. The fraction of sp³-hybridized carbons (Fsp3) is 0.406. The first-order valence-corrected chi connectivity index (χ1v) is 15.9. The van der Waals surface area contributed by atoms with Gasteiger partial charge in [-0.3, -0.25) is 14.7 Å². The van der Waals surface area contributed by atoms with Crippen LogP contribution in [0.25, 0.3) is 32.2 Å². The summed E-state index contributed by atoms with van der Waals surface area (Å²) in [4.78, 5) is 34.8. The zero-order valence-corrected chi connectivity index (χ0v) is 25.6. The smallest absolute Gasteiger partial charge is 0.246 e. The van der Waals surface area contributed by atoms with Crippen molar-refractivity contribution in [3.8, 4) is 17.3 Å². The fourth-order valence-corrected chi connectivity index (χ4v) is 8.05. The van der Waals surface area contributed by atoms with Crippen molar-refractivity contribution < 1.29 is 13.6 Å². The van der Waals surface area contributed by atoms with Crippen LogP contribution in [0.4, 0.5) is 25.5 Å². The van der Waals surface area contributed by atoms with E-state index in [-0.39, 0.29) is 49.4 Å². The first-order valence-electron chi connectivity index (χ1n) is 15.1. The lowest BCUT2D eigenvalue weighted by molar-refractivity contribution is -0.125. The number of hydrogen-bond donors (Lipinski definition) is 1. The van der Waals surface area contributed by atoms with Crippen molar-refractivity contribution in [3.63, 3.8) is 0 Å². The summed E-state index contributed by atoms with van der Waals surface area (Å²) in [5.41, 5.74) is 7.03. The van der Waals surface area contributed by atoms with Gasteiger partial charge in [-0.25, -0.2) is 13.8 Å². The van der Waals surface area contributed by atoms with Gasteiger partial charge in [0.25, 0.3) is 0 Å². The molecule has 2 N–H and O–H groups in total. The number of pyridine rings is 1. The van der Waals surface area contributed by atoms with E-state index in [0.717, 1.165) is 43.9 Å². The van der Waals surface area contributed by atoms with E-state index in [1.54, 1.807) is 4.90 Å². The van der Waals surface area contributed by atoms with Gasteiger partial charge in [-0.05, 0) is 42.9 Å². The highest BCUT2D eigenvalue weighted by Crippen LogP contribution is 2.54. The Hall–Kier alpha value is -4.41. The van der Waals surface area contributed by atoms with Crippen LogP contribution >= 0.6 is 11.3 Å². The molecule has 1 saturated carbocycles. The Bertz CT molecular complexity index is 1950. The highest BCUT2D eigenvalue weighted by atomic mass is 32.1. The number of carbonyl (C=O) groups is 1. The lowest BCUT2D eigenvalue weighted by Crippen LogP contribution is -2.66. The molecular formula is C32H31F2N9OS. The number of carbonyl (C=O) groups excluding carboxylic acids is 1. The second-order valence-corrected chi connectivity index (χ2v) is 13.8. The molecule has 3 aromatic heterocycles. The quantitative estimate of drug-likeness (QED) is 0.315. The van der Waals surface area contributed by atoms with Crippen LogP contribution in [0, 0.1) is 28.4 Å². The van der Waals surface area contributed by atoms with E-state index in [4.69, 9.17) is 15.7 Å². The molecule has 4 fully saturated rings. The number of fused-ring (bicyclic) bond motifs is 2. The molecule has 6 heterocycles. The number of nitrogens with two attached hydrogens (primary N) is 1. The number of halogens is 2. The summed E-state index contributed by atoms with van der Waals surface area (Å²) >= 11 is 0.955. The van der Waals surface area contributed by atoms with E-state index in [1.165, 1.54) is 37.2 Å². The van der Waals surface area contributed by atoms with E-state index >= 15 is 4.39 Å². The predicted molar refractivity (Wildman–Crippen MR) is 170 cm³/mol. The fourth-order valence-electron chi connectivity index (χ4n) is 7.10. The number of benzene rings is 1. The molecule has 1 amide bonds. The number of nitriles is 1. The average Bonchev–Trinajstić information content (AvgIpc) is 3.50. The van der Waals surface area contributed by atoms with Crippen molar-refractivity contribution in [2.75, 3.05) is 61.8 Å². The number of anilines is 3. The van der Waals surface area contributed by atoms with E-state index in [0.29, 0.717) is 41.7 Å². The number of nitrogens with zero attached hydrogens (tertiary/aromatic N) is 8. The van der Waals surface area contributed by atoms with E-state index < -0.39 is 11.6 Å². The standard InChI is InChI=1S/C32H31F2N9OS/c1-3-23(44)41-9-6-17(12-41)40(2)30-21-11-37-26(19-4-5-22(33)28-24(19)20(10-35)29(36)45-28)25(34)27(21)38-31(39-30)42-13-18(14-42)43-15-32(16-43)7-8-32/h3-5,11,17-18H,1,6-9,12-16,36H2,2H3. The van der Waals surface area contributed by atoms with Crippen LogP contribution in [0.1, 0.15) is 24.8 Å². The molecule has 10 nitrogen and oxygen atoms in total. The summed E-state index contributed by atoms with van der Waals surface area (Å²) in [6.45, 7) is 8.49. The van der Waals surface area contributed by atoms with Crippen LogP contribution < -0.4 is 15.5 Å². The molecule has 0 radical (unpaired) electrons. The number of nitrogen functional groups attached to an aromatic ring is 1. The minimum atomic E-state index is -0.683. The molecule has 0 bridgehead atoms. The molecule has 4 aromatic rings. The SMILES string of the molecule is C=CC(=O)N1CCC(N(C)c2nc(N3CC(N4CC5(CC5)C4)C3)nc3c(F)c(-c4ccc(F)c5sc(N)c(C#N)c45)ncc23)C1. The average molecular weight is 628 g/mol. The zero-order chi connectivity index (χ0) is 31.2. The van der Waals surface area contributed by atoms with Crippen LogP contribution in [0.3, 0.4) is 0 Å². The Balaban J connectivity index is 1.21. The number of amides is 1. The van der Waals surface area contributed by atoms with Gasteiger partial charge in [0.2, 0.25) is 11.9 Å². The maximum atomic E-state index is 16.7. The second-order valence-electron chi connectivity index (χ2n) is 12.8. The molecule has 8 rings (SSSR count). The van der Waals surface area contributed by atoms with Gasteiger partial charge in [0.05, 0.1) is 15.6 Å². The summed E-state index contributed by atoms with van der Waals surface area (Å²) in [6, 6.07) is 5.09. The minimum absolute atomic E-state index is 0.0412. The molecule has 1 spiro atoms. The van der Waals surface area contributed by atoms with Crippen LogP contribution in [-0.4, -0.2) is 89.1 Å². The Morgan fingerprint density at radius 1 is 1.24 bits per heavy atom. The van der Waals surface area contributed by atoms with Gasteiger partial charge in [0, 0.05) is 75.5 Å². The number of rotatable bonds is 6. The van der Waals surface area contributed by atoms with Crippen LogP contribution in [0.5, 0.6) is 0 Å². The monoisotopic (exact) mass is 627 g/mol. The molecular weight excluding hydrogens is 596 g/mol. The number of thiophene rings is 1. The van der Waals surface area contributed by atoms with Gasteiger partial charge < -0.3 is 20.4 Å². The highest BCUT2D eigenvalue weighted by molar-refractivity contribution is 7.23. The summed E-state index contributed by atoms with van der Waals surface area (Å²) in [5, 5.41) is 10.6. The molecule has 1 aromatic carbocycles. The van der Waals surface area contributed by atoms with Crippen molar-refractivity contribution >= 4 is 55.0 Å². The lowest BCUT2D eigenvalue weighted by Gasteiger charge is -2.52. The largest absolute Gasteiger partial charge is 0.389 e. The minimum Gasteiger partial charge on any atom is -0.389 e. The third-order valence-electron chi connectivity index (χ3n) is 10.1. The summed E-state index contributed by atoms with van der Waals surface area (Å²) < 4.78 is 31.7. The summed E-state index contributed by atoms with van der Waals surface area (Å²) in [6.07, 6.45) is 6.22. The second kappa shape index (κ2) is 10.1. The normalized spacial score (nSPS) is 20.8. The Morgan fingerprint density at radius 3 is 2.73 bits per heavy atom. The van der Waals surface area contributed by atoms with Crippen molar-refractivity contribution in [1.82, 2.24) is 24.8 Å². The Labute approximate surface area is 262 Å². The predicted octanol–water partition coefficient (Wildman–Crippen LogP) is 4.15. The molecule has 230 valence electrons. The molecule has 3 saturated heterocycles. The third-order valence-corrected chi connectivity index (χ3v) is 11.1. The number of likely N-dealkylation sites (tertiary alicyclic amines) is 2. The maximum Gasteiger partial charge on any atom is 0.246 e. The van der Waals surface area contributed by atoms with E-state index in [2.05, 4.69) is 21.4 Å². The Kier molecular flexibility index (Phi) is 6.27. The molecule has 45 heavy (non-hydrogen) atoms. The van der Waals surface area contributed by atoms with Gasteiger partial charge >= 0.3 is 0 Å². The van der Waals surface area contributed by atoms with Crippen LogP contribution in [0.15, 0.2) is 31.0 Å². The molecule has 13 heteroatoms. The van der Waals surface area contributed by atoms with Crippen molar-refractivity contribution in [2.45, 2.75) is 31.3 Å². The Morgan fingerprint density at radius 2 is 2.02 bits per heavy atom. The third kappa shape index (κ3) is 4.34. The van der Waals surface area contributed by atoms with Crippen molar-refractivity contribution in [1.29, 1.82) is 5.26 Å². The summed E-state index contributed by atoms with van der Waals surface area (Å²) in [7, 11) is 1.90. The highest BCUT2D eigenvalue weighted by Gasteiger charge is 2.55. The molecule has 1 unspecified atom stereocenters. The van der Waals surface area contributed by atoms with E-state index in [9.17, 15) is 14.4 Å². The van der Waals surface area contributed by atoms with Gasteiger partial charge in [-0.1, -0.05) is 6.58 Å². The summed E-state index contributed by atoms with van der Waals surface area (Å²) in [5.74, 6) is -0.394. The van der Waals surface area contributed by atoms with Gasteiger partial charge in [-0.15, -0.1) is 11.3 Å². The van der Waals surface area contributed by atoms with Crippen LogP contribution in [0.2, 0.25) is 0 Å². The first kappa shape index (κ1) is 28.1. The van der Waals surface area contributed by atoms with Gasteiger partial charge in [0.1, 0.15) is 33.9 Å². The van der Waals surface area contributed by atoms with E-state index in [1.807, 2.05) is 18.0 Å². The molecule has 3 aliphatic heterocycles.